The Morgan fingerprint density at radius 3 is 2.71 bits per heavy atom. The van der Waals surface area contributed by atoms with E-state index in [0.29, 0.717) is 6.54 Å². The monoisotopic (exact) mass is 299 g/mol. The van der Waals surface area contributed by atoms with Crippen molar-refractivity contribution in [3.05, 3.63) is 34.3 Å². The van der Waals surface area contributed by atoms with Crippen molar-refractivity contribution in [2.45, 2.75) is 13.5 Å². The smallest absolute Gasteiger partial charge is 0.309 e. The predicted molar refractivity (Wildman–Crippen MR) is 71.7 cm³/mol. The number of hydrogen-bond acceptors (Lipinski definition) is 3. The fraction of sp³-hybridized carbons (Fsp3) is 0.462. The van der Waals surface area contributed by atoms with Crippen molar-refractivity contribution in [2.24, 2.45) is 5.92 Å². The van der Waals surface area contributed by atoms with E-state index < -0.39 is 0 Å². The molecule has 4 heteroatoms. The number of carbonyl (C=O) groups excluding carboxylic acids is 1. The first kappa shape index (κ1) is 14.2. The van der Waals surface area contributed by atoms with Crippen molar-refractivity contribution in [1.82, 2.24) is 4.90 Å². The Kier molecular flexibility index (Phi) is 5.65. The number of hydrogen-bond donors (Lipinski definition) is 0. The van der Waals surface area contributed by atoms with E-state index in [1.807, 2.05) is 32.2 Å². The molecule has 0 aliphatic rings. The molecule has 94 valence electrons. The molecule has 17 heavy (non-hydrogen) atoms. The van der Waals surface area contributed by atoms with Gasteiger partial charge in [-0.05, 0) is 18.7 Å². The maximum Gasteiger partial charge on any atom is 0.309 e. The molecule has 1 aromatic rings. The Hall–Kier alpha value is -0.870. The van der Waals surface area contributed by atoms with Gasteiger partial charge in [0.05, 0.1) is 13.0 Å². The first-order chi connectivity index (χ1) is 8.04. The minimum Gasteiger partial charge on any atom is -0.469 e. The molecular formula is C13H18BrNO2. The van der Waals surface area contributed by atoms with Gasteiger partial charge >= 0.3 is 5.97 Å². The van der Waals surface area contributed by atoms with Gasteiger partial charge in [0.2, 0.25) is 0 Å². The third-order valence-electron chi connectivity index (χ3n) is 2.59. The standard InChI is InChI=1S/C13H18BrNO2/c1-10(13(16)17-3)8-15(2)9-11-6-4-5-7-12(11)14/h4-7,10H,8-9H2,1-3H3. The zero-order chi connectivity index (χ0) is 12.8. The Bertz CT molecular complexity index is 381. The highest BCUT2D eigenvalue weighted by Crippen LogP contribution is 2.17. The molecule has 1 atom stereocenters. The Morgan fingerprint density at radius 1 is 1.47 bits per heavy atom. The average Bonchev–Trinajstić information content (AvgIpc) is 2.31. The summed E-state index contributed by atoms with van der Waals surface area (Å²) in [5.41, 5.74) is 1.21. The normalized spacial score (nSPS) is 12.5. The molecule has 0 aliphatic carbocycles. The molecule has 0 N–H and O–H groups in total. The van der Waals surface area contributed by atoms with Crippen LogP contribution >= 0.6 is 15.9 Å². The molecule has 0 saturated heterocycles. The Morgan fingerprint density at radius 2 is 2.12 bits per heavy atom. The molecule has 0 fully saturated rings. The number of esters is 1. The molecule has 0 saturated carbocycles. The highest BCUT2D eigenvalue weighted by atomic mass is 79.9. The molecule has 0 bridgehead atoms. The van der Waals surface area contributed by atoms with E-state index in [9.17, 15) is 4.79 Å². The van der Waals surface area contributed by atoms with E-state index in [0.717, 1.165) is 11.0 Å². The lowest BCUT2D eigenvalue weighted by atomic mass is 10.1. The summed E-state index contributed by atoms with van der Waals surface area (Å²) in [5, 5.41) is 0. The molecule has 1 aromatic carbocycles. The molecule has 0 aromatic heterocycles. The number of rotatable bonds is 5. The van der Waals surface area contributed by atoms with E-state index in [1.54, 1.807) is 0 Å². The third-order valence-corrected chi connectivity index (χ3v) is 3.36. The maximum absolute atomic E-state index is 11.3. The van der Waals surface area contributed by atoms with Gasteiger partial charge in [0, 0.05) is 17.6 Å². The topological polar surface area (TPSA) is 29.5 Å². The fourth-order valence-corrected chi connectivity index (χ4v) is 2.14. The summed E-state index contributed by atoms with van der Waals surface area (Å²) in [4.78, 5) is 13.4. The summed E-state index contributed by atoms with van der Waals surface area (Å²) in [6, 6.07) is 8.10. The number of ether oxygens (including phenoxy) is 1. The number of halogens is 1. The number of benzene rings is 1. The molecule has 1 unspecified atom stereocenters. The second kappa shape index (κ2) is 6.77. The van der Waals surface area contributed by atoms with Crippen molar-refractivity contribution >= 4 is 21.9 Å². The SMILES string of the molecule is COC(=O)C(C)CN(C)Cc1ccccc1Br. The predicted octanol–water partition coefficient (Wildman–Crippen LogP) is 2.69. The van der Waals surface area contributed by atoms with Crippen LogP contribution in [-0.4, -0.2) is 31.6 Å². The fourth-order valence-electron chi connectivity index (χ4n) is 1.73. The van der Waals surface area contributed by atoms with Crippen LogP contribution in [0.25, 0.3) is 0 Å². The van der Waals surface area contributed by atoms with Crippen LogP contribution in [0.5, 0.6) is 0 Å². The van der Waals surface area contributed by atoms with Crippen molar-refractivity contribution in [3.8, 4) is 0 Å². The lowest BCUT2D eigenvalue weighted by molar-refractivity contribution is -0.145. The van der Waals surface area contributed by atoms with Crippen LogP contribution in [0.15, 0.2) is 28.7 Å². The second-order valence-corrected chi connectivity index (χ2v) is 5.07. The van der Waals surface area contributed by atoms with Crippen LogP contribution in [0.4, 0.5) is 0 Å². The van der Waals surface area contributed by atoms with Gasteiger partial charge in [0.15, 0.2) is 0 Å². The summed E-state index contributed by atoms with van der Waals surface area (Å²) in [5.74, 6) is -0.267. The van der Waals surface area contributed by atoms with Crippen molar-refractivity contribution in [2.75, 3.05) is 20.7 Å². The van der Waals surface area contributed by atoms with Gasteiger partial charge in [-0.3, -0.25) is 4.79 Å². The average molecular weight is 300 g/mol. The summed E-state index contributed by atoms with van der Waals surface area (Å²) in [7, 11) is 3.42. The Balaban J connectivity index is 2.53. The molecule has 0 heterocycles. The van der Waals surface area contributed by atoms with Crippen LogP contribution < -0.4 is 0 Å². The van der Waals surface area contributed by atoms with Gasteiger partial charge in [-0.25, -0.2) is 0 Å². The van der Waals surface area contributed by atoms with Gasteiger partial charge < -0.3 is 9.64 Å². The maximum atomic E-state index is 11.3. The number of nitrogens with zero attached hydrogens (tertiary/aromatic N) is 1. The molecule has 0 aliphatic heterocycles. The minimum atomic E-state index is -0.163. The molecule has 1 rings (SSSR count). The molecule has 0 radical (unpaired) electrons. The van der Waals surface area contributed by atoms with Gasteiger partial charge in [-0.1, -0.05) is 41.1 Å². The molecule has 3 nitrogen and oxygen atoms in total. The third kappa shape index (κ3) is 4.48. The van der Waals surface area contributed by atoms with E-state index in [1.165, 1.54) is 12.7 Å². The van der Waals surface area contributed by atoms with Gasteiger partial charge in [-0.15, -0.1) is 0 Å². The van der Waals surface area contributed by atoms with Crippen LogP contribution in [0.2, 0.25) is 0 Å². The summed E-state index contributed by atoms with van der Waals surface area (Å²) in [6.07, 6.45) is 0. The van der Waals surface area contributed by atoms with Crippen LogP contribution in [0, 0.1) is 5.92 Å². The molecular weight excluding hydrogens is 282 g/mol. The molecule has 0 spiro atoms. The zero-order valence-electron chi connectivity index (χ0n) is 10.4. The summed E-state index contributed by atoms with van der Waals surface area (Å²) >= 11 is 3.52. The first-order valence-electron chi connectivity index (χ1n) is 5.54. The minimum absolute atomic E-state index is 0.104. The van der Waals surface area contributed by atoms with E-state index >= 15 is 0 Å². The van der Waals surface area contributed by atoms with Gasteiger partial charge in [-0.2, -0.15) is 0 Å². The second-order valence-electron chi connectivity index (χ2n) is 4.21. The zero-order valence-corrected chi connectivity index (χ0v) is 12.0. The van der Waals surface area contributed by atoms with Crippen molar-refractivity contribution in [3.63, 3.8) is 0 Å². The van der Waals surface area contributed by atoms with Crippen LogP contribution in [-0.2, 0) is 16.1 Å². The lowest BCUT2D eigenvalue weighted by Crippen LogP contribution is -2.29. The van der Waals surface area contributed by atoms with Gasteiger partial charge in [0.1, 0.15) is 0 Å². The van der Waals surface area contributed by atoms with Crippen molar-refractivity contribution < 1.29 is 9.53 Å². The summed E-state index contributed by atoms with van der Waals surface area (Å²) < 4.78 is 5.81. The van der Waals surface area contributed by atoms with Crippen LogP contribution in [0.1, 0.15) is 12.5 Å². The van der Waals surface area contributed by atoms with Crippen molar-refractivity contribution in [1.29, 1.82) is 0 Å². The lowest BCUT2D eigenvalue weighted by Gasteiger charge is -2.20. The van der Waals surface area contributed by atoms with Crippen LogP contribution in [0.3, 0.4) is 0 Å². The summed E-state index contributed by atoms with van der Waals surface area (Å²) in [6.45, 7) is 3.37. The number of methoxy groups -OCH3 is 1. The quantitative estimate of drug-likeness (QED) is 0.783. The van der Waals surface area contributed by atoms with E-state index in [-0.39, 0.29) is 11.9 Å². The first-order valence-corrected chi connectivity index (χ1v) is 6.33. The van der Waals surface area contributed by atoms with E-state index in [2.05, 4.69) is 26.9 Å². The molecule has 0 amide bonds. The Labute approximate surface area is 111 Å². The highest BCUT2D eigenvalue weighted by molar-refractivity contribution is 9.10. The van der Waals surface area contributed by atoms with E-state index in [4.69, 9.17) is 4.74 Å². The highest BCUT2D eigenvalue weighted by Gasteiger charge is 2.15. The largest absolute Gasteiger partial charge is 0.469 e. The van der Waals surface area contributed by atoms with Gasteiger partial charge in [0.25, 0.3) is 0 Å². The number of carbonyl (C=O) groups is 1.